The molecule has 3 heterocycles. The quantitative estimate of drug-likeness (QED) is 0.578. The largest absolute Gasteiger partial charge is 0.415 e. The van der Waals surface area contributed by atoms with E-state index < -0.39 is 61.0 Å². The van der Waals surface area contributed by atoms with Gasteiger partial charge >= 0.3 is 12.8 Å². The van der Waals surface area contributed by atoms with E-state index in [4.69, 9.17) is 10.5 Å². The molecule has 2 aromatic rings. The van der Waals surface area contributed by atoms with Crippen molar-refractivity contribution in [3.8, 4) is 5.88 Å². The number of aliphatic imine (C=N–C) groups is 1. The number of ether oxygens (including phenoxy) is 2. The van der Waals surface area contributed by atoms with Crippen LogP contribution in [0.3, 0.4) is 0 Å². The number of nitrogens with one attached hydrogen (secondary N) is 1. The Morgan fingerprint density at radius 3 is 2.71 bits per heavy atom. The fourth-order valence-electron chi connectivity index (χ4n) is 3.91. The molecule has 2 aliphatic rings. The number of nitrogens with zero attached hydrogens (tertiary/aromatic N) is 3. The van der Waals surface area contributed by atoms with E-state index in [1.54, 1.807) is 0 Å². The number of rotatable bonds is 5. The molecule has 1 saturated heterocycles. The summed E-state index contributed by atoms with van der Waals surface area (Å²) in [6.45, 7) is -3.68. The standard InChI is InChI=1S/C20H17F6N5O3S/c21-12-2-1-10(30-16(32)13-5-29-15(6-28-13)34-17(22)23)4-11(12)19-8-33-14(20(24,25)26)3-9(19)7-35-18(27)31-19/h1-2,4-6,9,14,17H,3,7-8H2,(H2,27,31)(H,30,32). The van der Waals surface area contributed by atoms with Gasteiger partial charge in [-0.25, -0.2) is 19.4 Å². The van der Waals surface area contributed by atoms with Crippen LogP contribution in [0.5, 0.6) is 5.88 Å². The molecule has 3 atom stereocenters. The summed E-state index contributed by atoms with van der Waals surface area (Å²) in [7, 11) is 0. The van der Waals surface area contributed by atoms with E-state index in [1.165, 1.54) is 12.1 Å². The van der Waals surface area contributed by atoms with Crippen LogP contribution in [0, 0.1) is 11.7 Å². The summed E-state index contributed by atoms with van der Waals surface area (Å²) in [6, 6.07) is 3.51. The number of carbonyl (C=O) groups excluding carboxylic acids is 1. The maximum absolute atomic E-state index is 15.0. The lowest BCUT2D eigenvalue weighted by Gasteiger charge is -2.46. The number of aromatic nitrogens is 2. The summed E-state index contributed by atoms with van der Waals surface area (Å²) in [5, 5.41) is 2.53. The molecule has 1 aromatic heterocycles. The van der Waals surface area contributed by atoms with Crippen LogP contribution in [0.2, 0.25) is 0 Å². The van der Waals surface area contributed by atoms with Crippen molar-refractivity contribution in [2.75, 3.05) is 17.7 Å². The maximum atomic E-state index is 15.0. The molecule has 188 valence electrons. The van der Waals surface area contributed by atoms with Gasteiger partial charge < -0.3 is 20.5 Å². The molecule has 0 aliphatic carbocycles. The highest BCUT2D eigenvalue weighted by Gasteiger charge is 2.55. The number of amidine groups is 1. The van der Waals surface area contributed by atoms with Gasteiger partial charge in [0.2, 0.25) is 5.88 Å². The van der Waals surface area contributed by atoms with E-state index in [9.17, 15) is 31.1 Å². The summed E-state index contributed by atoms with van der Waals surface area (Å²) in [4.78, 5) is 24.1. The van der Waals surface area contributed by atoms with Gasteiger partial charge in [0.1, 0.15) is 17.1 Å². The maximum Gasteiger partial charge on any atom is 0.414 e. The first kappa shape index (κ1) is 25.0. The van der Waals surface area contributed by atoms with Gasteiger partial charge in [-0.1, -0.05) is 11.8 Å². The topological polar surface area (TPSA) is 112 Å². The summed E-state index contributed by atoms with van der Waals surface area (Å²) in [5.74, 6) is -2.63. The van der Waals surface area contributed by atoms with Gasteiger partial charge in [-0.15, -0.1) is 0 Å². The molecule has 0 radical (unpaired) electrons. The Hall–Kier alpha value is -3.07. The molecule has 0 saturated carbocycles. The van der Waals surface area contributed by atoms with Gasteiger partial charge in [-0.2, -0.15) is 22.0 Å². The van der Waals surface area contributed by atoms with Crippen LogP contribution >= 0.6 is 11.8 Å². The van der Waals surface area contributed by atoms with Crippen molar-refractivity contribution in [1.29, 1.82) is 0 Å². The number of thioether (sulfide) groups is 1. The molecule has 0 spiro atoms. The van der Waals surface area contributed by atoms with E-state index >= 15 is 0 Å². The number of hydrogen-bond donors (Lipinski definition) is 2. The Balaban J connectivity index is 1.61. The Morgan fingerprint density at radius 2 is 2.06 bits per heavy atom. The van der Waals surface area contributed by atoms with E-state index in [2.05, 4.69) is 25.0 Å². The van der Waals surface area contributed by atoms with Gasteiger partial charge in [0.05, 0.1) is 19.0 Å². The zero-order valence-electron chi connectivity index (χ0n) is 17.6. The van der Waals surface area contributed by atoms with Crippen molar-refractivity contribution in [3.63, 3.8) is 0 Å². The molecule has 0 bridgehead atoms. The summed E-state index contributed by atoms with van der Waals surface area (Å²) >= 11 is 1.07. The van der Waals surface area contributed by atoms with Crippen LogP contribution in [0.15, 0.2) is 35.6 Å². The molecule has 3 N–H and O–H groups in total. The average molecular weight is 521 g/mol. The van der Waals surface area contributed by atoms with Crippen molar-refractivity contribution < 1.29 is 40.6 Å². The zero-order valence-corrected chi connectivity index (χ0v) is 18.4. The van der Waals surface area contributed by atoms with E-state index in [0.717, 1.165) is 30.2 Å². The van der Waals surface area contributed by atoms with Crippen LogP contribution in [0.1, 0.15) is 22.5 Å². The first-order valence-electron chi connectivity index (χ1n) is 10.0. The van der Waals surface area contributed by atoms with Crippen LogP contribution in [-0.4, -0.2) is 52.3 Å². The minimum Gasteiger partial charge on any atom is -0.415 e. The van der Waals surface area contributed by atoms with Crippen molar-refractivity contribution >= 4 is 28.5 Å². The van der Waals surface area contributed by atoms with Gasteiger partial charge in [0.15, 0.2) is 11.3 Å². The molecule has 2 aliphatic heterocycles. The minimum absolute atomic E-state index is 0.0746. The predicted octanol–water partition coefficient (Wildman–Crippen LogP) is 3.69. The Bertz CT molecular complexity index is 1130. The molecule has 1 amide bonds. The van der Waals surface area contributed by atoms with E-state index in [-0.39, 0.29) is 27.9 Å². The number of fused-ring (bicyclic) bond motifs is 1. The third-order valence-corrected chi connectivity index (χ3v) is 6.50. The lowest BCUT2D eigenvalue weighted by atomic mass is 9.74. The average Bonchev–Trinajstić information content (AvgIpc) is 2.79. The summed E-state index contributed by atoms with van der Waals surface area (Å²) in [5.41, 5.74) is 4.07. The van der Waals surface area contributed by atoms with Gasteiger partial charge in [-0.3, -0.25) is 4.79 Å². The summed E-state index contributed by atoms with van der Waals surface area (Å²) in [6.07, 6.45) is -5.31. The highest BCUT2D eigenvalue weighted by atomic mass is 32.2. The Kier molecular flexibility index (Phi) is 6.81. The van der Waals surface area contributed by atoms with Crippen molar-refractivity contribution in [3.05, 3.63) is 47.7 Å². The number of hydrogen-bond acceptors (Lipinski definition) is 8. The third-order valence-electron chi connectivity index (χ3n) is 5.55. The van der Waals surface area contributed by atoms with E-state index in [0.29, 0.717) is 0 Å². The van der Waals surface area contributed by atoms with Crippen LogP contribution in [0.4, 0.5) is 32.0 Å². The number of alkyl halides is 5. The highest BCUT2D eigenvalue weighted by Crippen LogP contribution is 2.49. The van der Waals surface area contributed by atoms with Gasteiger partial charge in [-0.05, 0) is 24.6 Å². The number of anilines is 1. The second-order valence-electron chi connectivity index (χ2n) is 7.73. The molecular weight excluding hydrogens is 504 g/mol. The van der Waals surface area contributed by atoms with Crippen LogP contribution in [-0.2, 0) is 10.3 Å². The lowest BCUT2D eigenvalue weighted by molar-refractivity contribution is -0.245. The first-order chi connectivity index (χ1) is 16.5. The first-order valence-corrected chi connectivity index (χ1v) is 11.0. The molecular formula is C20H17F6N5O3S. The lowest BCUT2D eigenvalue weighted by Crippen LogP contribution is -2.53. The predicted molar refractivity (Wildman–Crippen MR) is 113 cm³/mol. The van der Waals surface area contributed by atoms with Crippen molar-refractivity contribution in [1.82, 2.24) is 9.97 Å². The molecule has 3 unspecified atom stereocenters. The number of carbonyl (C=O) groups is 1. The fraction of sp³-hybridized carbons (Fsp3) is 0.400. The SMILES string of the molecule is NC1=NC2(c3cc(NC(=O)c4cnc(OC(F)F)cn4)ccc3F)COC(C(F)(F)F)CC2CS1. The Morgan fingerprint density at radius 1 is 1.29 bits per heavy atom. The molecule has 15 heteroatoms. The molecule has 8 nitrogen and oxygen atoms in total. The highest BCUT2D eigenvalue weighted by molar-refractivity contribution is 8.13. The van der Waals surface area contributed by atoms with Crippen molar-refractivity contribution in [2.24, 2.45) is 16.6 Å². The monoisotopic (exact) mass is 521 g/mol. The normalized spacial score (nSPS) is 24.5. The second kappa shape index (κ2) is 9.53. The summed E-state index contributed by atoms with van der Waals surface area (Å²) < 4.78 is 88.4. The Labute approximate surface area is 198 Å². The number of halogens is 6. The zero-order chi connectivity index (χ0) is 25.4. The van der Waals surface area contributed by atoms with Crippen molar-refractivity contribution in [2.45, 2.75) is 30.9 Å². The van der Waals surface area contributed by atoms with Gasteiger partial charge in [0, 0.05) is 22.9 Å². The number of benzene rings is 1. The smallest absolute Gasteiger partial charge is 0.414 e. The fourth-order valence-corrected chi connectivity index (χ4v) is 4.92. The third kappa shape index (κ3) is 5.29. The van der Waals surface area contributed by atoms with Gasteiger partial charge in [0.25, 0.3) is 5.91 Å². The number of amides is 1. The van der Waals surface area contributed by atoms with Crippen LogP contribution in [0.25, 0.3) is 0 Å². The van der Waals surface area contributed by atoms with E-state index in [1.807, 2.05) is 0 Å². The molecule has 1 aromatic carbocycles. The second-order valence-corrected chi connectivity index (χ2v) is 8.77. The number of nitrogens with two attached hydrogens (primary N) is 1. The van der Waals surface area contributed by atoms with Crippen LogP contribution < -0.4 is 15.8 Å². The molecule has 35 heavy (non-hydrogen) atoms. The molecule has 1 fully saturated rings. The minimum atomic E-state index is -4.59. The molecule has 4 rings (SSSR count).